The number of rotatable bonds is 3. The smallest absolute Gasteiger partial charge is 0.153 e. The Bertz CT molecular complexity index is 623. The van der Waals surface area contributed by atoms with Gasteiger partial charge in [-0.15, -0.1) is 0 Å². The quantitative estimate of drug-likeness (QED) is 0.941. The number of nitriles is 1. The van der Waals surface area contributed by atoms with Crippen molar-refractivity contribution >= 4 is 11.6 Å². The predicted octanol–water partition coefficient (Wildman–Crippen LogP) is 3.39. The largest absolute Gasteiger partial charge is 0.338 e. The fraction of sp³-hybridized carbons (Fsp3) is 0.333. The zero-order valence-electron chi connectivity index (χ0n) is 11.0. The Morgan fingerprint density at radius 2 is 1.95 bits per heavy atom. The molecular formula is C15H15ClN4. The van der Waals surface area contributed by atoms with Crippen LogP contribution in [-0.2, 0) is 0 Å². The van der Waals surface area contributed by atoms with E-state index in [4.69, 9.17) is 11.6 Å². The van der Waals surface area contributed by atoms with Gasteiger partial charge in [0.05, 0.1) is 11.8 Å². The average Bonchev–Trinajstić information content (AvgIpc) is 3.12. The number of aromatic nitrogens is 2. The topological polar surface area (TPSA) is 55.7 Å². The molecule has 1 atom stereocenters. The minimum Gasteiger partial charge on any atom is -0.338 e. The van der Waals surface area contributed by atoms with Crippen molar-refractivity contribution in [2.24, 2.45) is 0 Å². The lowest BCUT2D eigenvalue weighted by Gasteiger charge is -2.20. The van der Waals surface area contributed by atoms with Crippen LogP contribution in [0.1, 0.15) is 24.6 Å². The molecule has 1 aliphatic heterocycles. The molecule has 0 radical (unpaired) electrons. The van der Waals surface area contributed by atoms with Crippen LogP contribution in [0.2, 0.25) is 5.15 Å². The van der Waals surface area contributed by atoms with E-state index in [-0.39, 0.29) is 6.04 Å². The molecule has 102 valence electrons. The molecule has 0 amide bonds. The molecule has 1 aliphatic rings. The molecule has 1 fully saturated rings. The first-order chi connectivity index (χ1) is 9.79. The van der Waals surface area contributed by atoms with E-state index < -0.39 is 0 Å². The van der Waals surface area contributed by atoms with E-state index in [1.807, 2.05) is 30.3 Å². The third kappa shape index (κ3) is 2.43. The Morgan fingerprint density at radius 3 is 2.60 bits per heavy atom. The van der Waals surface area contributed by atoms with E-state index in [9.17, 15) is 5.26 Å². The van der Waals surface area contributed by atoms with Crippen LogP contribution in [0, 0.1) is 11.3 Å². The fourth-order valence-electron chi connectivity index (χ4n) is 2.61. The highest BCUT2D eigenvalue weighted by atomic mass is 35.5. The Kier molecular flexibility index (Phi) is 3.72. The second kappa shape index (κ2) is 5.66. The molecule has 1 aromatic carbocycles. The monoisotopic (exact) mass is 286 g/mol. The summed E-state index contributed by atoms with van der Waals surface area (Å²) < 4.78 is 0. The molecule has 0 aliphatic carbocycles. The third-order valence-electron chi connectivity index (χ3n) is 3.63. The highest BCUT2D eigenvalue weighted by Crippen LogP contribution is 2.30. The van der Waals surface area contributed by atoms with E-state index >= 15 is 0 Å². The third-order valence-corrected chi connectivity index (χ3v) is 3.92. The summed E-state index contributed by atoms with van der Waals surface area (Å²) in [4.78, 5) is 9.72. The fourth-order valence-corrected chi connectivity index (χ4v) is 2.84. The second-order valence-electron chi connectivity index (χ2n) is 4.93. The van der Waals surface area contributed by atoms with E-state index in [0.717, 1.165) is 31.5 Å². The number of benzene rings is 1. The molecule has 1 unspecified atom stereocenters. The summed E-state index contributed by atoms with van der Waals surface area (Å²) in [6.07, 6.45) is 2.27. The van der Waals surface area contributed by atoms with Gasteiger partial charge in [-0.2, -0.15) is 5.26 Å². The molecule has 2 heterocycles. The number of imidazole rings is 1. The zero-order chi connectivity index (χ0) is 13.9. The van der Waals surface area contributed by atoms with Crippen LogP contribution in [0.15, 0.2) is 30.3 Å². The summed E-state index contributed by atoms with van der Waals surface area (Å²) in [5.41, 5.74) is 1.67. The number of aromatic amines is 1. The molecule has 2 aromatic rings. The second-order valence-corrected chi connectivity index (χ2v) is 5.29. The Balaban J connectivity index is 1.94. The van der Waals surface area contributed by atoms with Gasteiger partial charge in [0.2, 0.25) is 0 Å². The maximum atomic E-state index is 9.45. The van der Waals surface area contributed by atoms with Crippen molar-refractivity contribution in [2.75, 3.05) is 13.1 Å². The summed E-state index contributed by atoms with van der Waals surface area (Å²) in [5.74, 6) is 0.713. The van der Waals surface area contributed by atoms with Gasteiger partial charge in [-0.1, -0.05) is 41.9 Å². The van der Waals surface area contributed by atoms with Crippen LogP contribution >= 0.6 is 11.6 Å². The van der Waals surface area contributed by atoms with Gasteiger partial charge in [-0.3, -0.25) is 4.90 Å². The maximum absolute atomic E-state index is 9.45. The zero-order valence-corrected chi connectivity index (χ0v) is 11.8. The van der Waals surface area contributed by atoms with Gasteiger partial charge in [0.1, 0.15) is 11.9 Å². The van der Waals surface area contributed by atoms with Crippen molar-refractivity contribution in [3.05, 3.63) is 41.2 Å². The van der Waals surface area contributed by atoms with Crippen LogP contribution in [0.25, 0.3) is 11.4 Å². The van der Waals surface area contributed by atoms with Gasteiger partial charge in [-0.05, 0) is 25.9 Å². The number of hydrogen-bond donors (Lipinski definition) is 1. The lowest BCUT2D eigenvalue weighted by molar-refractivity contribution is 0.290. The number of hydrogen-bond acceptors (Lipinski definition) is 3. The van der Waals surface area contributed by atoms with E-state index in [2.05, 4.69) is 20.9 Å². The van der Waals surface area contributed by atoms with Gasteiger partial charge >= 0.3 is 0 Å². The molecule has 1 N–H and O–H groups in total. The van der Waals surface area contributed by atoms with E-state index in [0.29, 0.717) is 16.7 Å². The summed E-state index contributed by atoms with van der Waals surface area (Å²) >= 11 is 6.23. The lowest BCUT2D eigenvalue weighted by atomic mass is 10.2. The SMILES string of the molecule is N#CC(c1[nH]c(-c2ccccc2)nc1Cl)N1CCCC1. The maximum Gasteiger partial charge on any atom is 0.153 e. The highest BCUT2D eigenvalue weighted by molar-refractivity contribution is 6.30. The van der Waals surface area contributed by atoms with Crippen molar-refractivity contribution in [2.45, 2.75) is 18.9 Å². The summed E-state index contributed by atoms with van der Waals surface area (Å²) in [6, 6.07) is 11.8. The number of nitrogens with zero attached hydrogens (tertiary/aromatic N) is 3. The number of nitrogens with one attached hydrogen (secondary N) is 1. The molecule has 20 heavy (non-hydrogen) atoms. The average molecular weight is 287 g/mol. The minimum absolute atomic E-state index is 0.338. The normalized spacial score (nSPS) is 17.0. The molecule has 0 spiro atoms. The molecule has 1 saturated heterocycles. The van der Waals surface area contributed by atoms with E-state index in [1.54, 1.807) is 0 Å². The number of H-pyrrole nitrogens is 1. The van der Waals surface area contributed by atoms with Crippen molar-refractivity contribution < 1.29 is 0 Å². The number of likely N-dealkylation sites (tertiary alicyclic amines) is 1. The van der Waals surface area contributed by atoms with Crippen LogP contribution in [0.5, 0.6) is 0 Å². The minimum atomic E-state index is -0.338. The summed E-state index contributed by atoms with van der Waals surface area (Å²) in [6.45, 7) is 1.88. The highest BCUT2D eigenvalue weighted by Gasteiger charge is 2.27. The summed E-state index contributed by atoms with van der Waals surface area (Å²) in [5, 5.41) is 9.84. The van der Waals surface area contributed by atoms with E-state index in [1.165, 1.54) is 0 Å². The Hall–Kier alpha value is -1.83. The summed E-state index contributed by atoms with van der Waals surface area (Å²) in [7, 11) is 0. The molecule has 5 heteroatoms. The van der Waals surface area contributed by atoms with Crippen molar-refractivity contribution in [1.29, 1.82) is 5.26 Å². The van der Waals surface area contributed by atoms with Gasteiger partial charge in [0.15, 0.2) is 5.15 Å². The first-order valence-corrected chi connectivity index (χ1v) is 7.12. The van der Waals surface area contributed by atoms with Gasteiger partial charge in [0.25, 0.3) is 0 Å². The first-order valence-electron chi connectivity index (χ1n) is 6.74. The van der Waals surface area contributed by atoms with Gasteiger partial charge in [0, 0.05) is 5.56 Å². The predicted molar refractivity (Wildman–Crippen MR) is 78.2 cm³/mol. The molecule has 4 nitrogen and oxygen atoms in total. The molecular weight excluding hydrogens is 272 g/mol. The van der Waals surface area contributed by atoms with Gasteiger partial charge < -0.3 is 4.98 Å². The van der Waals surface area contributed by atoms with Crippen molar-refractivity contribution in [3.8, 4) is 17.5 Å². The van der Waals surface area contributed by atoms with Crippen LogP contribution in [0.3, 0.4) is 0 Å². The lowest BCUT2D eigenvalue weighted by Crippen LogP contribution is -2.24. The molecule has 0 bridgehead atoms. The molecule has 0 saturated carbocycles. The van der Waals surface area contributed by atoms with Crippen LogP contribution in [-0.4, -0.2) is 28.0 Å². The first kappa shape index (κ1) is 13.2. The Morgan fingerprint density at radius 1 is 1.25 bits per heavy atom. The number of halogens is 1. The standard InChI is InChI=1S/C15H15ClN4/c16-14-13(12(10-17)20-8-4-5-9-20)18-15(19-14)11-6-2-1-3-7-11/h1-3,6-7,12H,4-5,8-9H2,(H,18,19). The van der Waals surface area contributed by atoms with Crippen LogP contribution in [0.4, 0.5) is 0 Å². The molecule has 3 rings (SSSR count). The van der Waals surface area contributed by atoms with Gasteiger partial charge in [-0.25, -0.2) is 4.98 Å². The van der Waals surface area contributed by atoms with Crippen LogP contribution < -0.4 is 0 Å². The van der Waals surface area contributed by atoms with Crippen molar-refractivity contribution in [1.82, 2.24) is 14.9 Å². The molecule has 1 aromatic heterocycles. The van der Waals surface area contributed by atoms with Crippen molar-refractivity contribution in [3.63, 3.8) is 0 Å². The Labute approximate surface area is 123 Å².